The van der Waals surface area contributed by atoms with Crippen LogP contribution in [-0.4, -0.2) is 42.5 Å². The van der Waals surface area contributed by atoms with E-state index in [-0.39, 0.29) is 29.4 Å². The normalized spacial score (nSPS) is 10.7. The van der Waals surface area contributed by atoms with Gasteiger partial charge in [0.25, 0.3) is 0 Å². The maximum Gasteiger partial charge on any atom is 0.340 e. The number of pyridine rings is 1. The fraction of sp³-hybridized carbons (Fsp3) is 0.292. The largest absolute Gasteiger partial charge is 0.465 e. The van der Waals surface area contributed by atoms with Gasteiger partial charge in [0.2, 0.25) is 5.91 Å². The molecular formula is C24H26N2O9. The minimum Gasteiger partial charge on any atom is -0.465 e. The summed E-state index contributed by atoms with van der Waals surface area (Å²) in [6.07, 6.45) is 4.06. The molecule has 1 aromatic carbocycles. The van der Waals surface area contributed by atoms with Gasteiger partial charge in [-0.25, -0.2) is 14.6 Å². The van der Waals surface area contributed by atoms with Crippen LogP contribution < -0.4 is 14.8 Å². The Balaban J connectivity index is 2.44. The molecule has 1 heterocycles. The lowest BCUT2D eigenvalue weighted by atomic mass is 10.1. The zero-order chi connectivity index (χ0) is 26.0. The van der Waals surface area contributed by atoms with Gasteiger partial charge in [0.15, 0.2) is 11.5 Å². The molecule has 0 fully saturated rings. The second-order valence-electron chi connectivity index (χ2n) is 6.96. The second-order valence-corrected chi connectivity index (χ2v) is 6.96. The zero-order valence-electron chi connectivity index (χ0n) is 20.0. The SMILES string of the molecule is CCOOCc1cnc(C)c(OC(C)=O)c1C=CC(=O)Nc1c(OC(C)=O)cccc1C(=O)OC. The zero-order valence-corrected chi connectivity index (χ0v) is 20.0. The summed E-state index contributed by atoms with van der Waals surface area (Å²) in [4.78, 5) is 62.3. The van der Waals surface area contributed by atoms with Gasteiger partial charge >= 0.3 is 17.9 Å². The third kappa shape index (κ3) is 7.73. The third-order valence-electron chi connectivity index (χ3n) is 4.33. The number of anilines is 1. The molecule has 11 heteroatoms. The molecule has 35 heavy (non-hydrogen) atoms. The quantitative estimate of drug-likeness (QED) is 0.133. The number of para-hydroxylation sites is 1. The number of aryl methyl sites for hydroxylation is 1. The van der Waals surface area contributed by atoms with Crippen molar-refractivity contribution in [3.63, 3.8) is 0 Å². The van der Waals surface area contributed by atoms with Crippen LogP contribution in [0.25, 0.3) is 6.08 Å². The van der Waals surface area contributed by atoms with Gasteiger partial charge in [-0.1, -0.05) is 6.07 Å². The molecule has 0 saturated carbocycles. The standard InChI is InChI=1S/C24H26N2O9/c1-6-32-33-13-17-12-25-14(2)23(35-16(4)28)18(17)10-11-21(29)26-22-19(24(30)31-5)8-7-9-20(22)34-15(3)27/h7-12H,6,13H2,1-5H3,(H,26,29). The van der Waals surface area contributed by atoms with Crippen molar-refractivity contribution >= 4 is 35.6 Å². The number of benzene rings is 1. The molecule has 0 atom stereocenters. The summed E-state index contributed by atoms with van der Waals surface area (Å²) < 4.78 is 15.2. The van der Waals surface area contributed by atoms with Crippen molar-refractivity contribution in [1.29, 1.82) is 0 Å². The van der Waals surface area contributed by atoms with Crippen LogP contribution in [0, 0.1) is 6.92 Å². The van der Waals surface area contributed by atoms with E-state index in [1.54, 1.807) is 13.8 Å². The van der Waals surface area contributed by atoms with Gasteiger partial charge in [-0.2, -0.15) is 0 Å². The molecule has 2 rings (SSSR count). The Bertz CT molecular complexity index is 1140. The minimum atomic E-state index is -0.740. The first-order valence-electron chi connectivity index (χ1n) is 10.5. The van der Waals surface area contributed by atoms with E-state index in [2.05, 4.69) is 10.3 Å². The lowest BCUT2D eigenvalue weighted by Gasteiger charge is -2.14. The van der Waals surface area contributed by atoms with Crippen LogP contribution in [0.3, 0.4) is 0 Å². The van der Waals surface area contributed by atoms with Gasteiger partial charge in [-0.3, -0.25) is 19.4 Å². The molecule has 0 radical (unpaired) electrons. The Kier molecular flexibility index (Phi) is 10.1. The summed E-state index contributed by atoms with van der Waals surface area (Å²) in [6.45, 7) is 6.10. The van der Waals surface area contributed by atoms with E-state index in [0.717, 1.165) is 6.08 Å². The van der Waals surface area contributed by atoms with E-state index in [9.17, 15) is 19.2 Å². The Hall–Kier alpha value is -4.09. The number of esters is 3. The average Bonchev–Trinajstić information content (AvgIpc) is 2.80. The number of nitrogens with zero attached hydrogens (tertiary/aromatic N) is 1. The van der Waals surface area contributed by atoms with E-state index in [0.29, 0.717) is 23.4 Å². The van der Waals surface area contributed by atoms with Gasteiger partial charge in [0.05, 0.1) is 30.7 Å². The van der Waals surface area contributed by atoms with Crippen molar-refractivity contribution < 1.29 is 43.2 Å². The minimum absolute atomic E-state index is 0.0147. The smallest absolute Gasteiger partial charge is 0.340 e. The number of hydrogen-bond acceptors (Lipinski definition) is 10. The topological polar surface area (TPSA) is 139 Å². The average molecular weight is 486 g/mol. The van der Waals surface area contributed by atoms with Gasteiger partial charge < -0.3 is 19.5 Å². The summed E-state index contributed by atoms with van der Waals surface area (Å²) >= 11 is 0. The highest BCUT2D eigenvalue weighted by Gasteiger charge is 2.20. The van der Waals surface area contributed by atoms with Crippen LogP contribution in [-0.2, 0) is 35.5 Å². The molecular weight excluding hydrogens is 460 g/mol. The summed E-state index contributed by atoms with van der Waals surface area (Å²) in [5.74, 6) is -2.52. The lowest BCUT2D eigenvalue weighted by molar-refractivity contribution is -0.300. The highest BCUT2D eigenvalue weighted by atomic mass is 17.2. The molecule has 0 unspecified atom stereocenters. The number of ether oxygens (including phenoxy) is 3. The number of hydrogen-bond donors (Lipinski definition) is 1. The molecule has 0 aliphatic carbocycles. The van der Waals surface area contributed by atoms with Crippen LogP contribution >= 0.6 is 0 Å². The Labute approximate surface area is 201 Å². The van der Waals surface area contributed by atoms with Crippen molar-refractivity contribution in [2.75, 3.05) is 19.0 Å². The first-order chi connectivity index (χ1) is 16.7. The van der Waals surface area contributed by atoms with Gasteiger partial charge in [0, 0.05) is 37.2 Å². The van der Waals surface area contributed by atoms with Gasteiger partial charge in [0.1, 0.15) is 6.61 Å². The predicted molar refractivity (Wildman–Crippen MR) is 123 cm³/mol. The van der Waals surface area contributed by atoms with Crippen LogP contribution in [0.2, 0.25) is 0 Å². The van der Waals surface area contributed by atoms with E-state index < -0.39 is 23.8 Å². The van der Waals surface area contributed by atoms with Crippen molar-refractivity contribution in [3.8, 4) is 11.5 Å². The number of aromatic nitrogens is 1. The Morgan fingerprint density at radius 1 is 1.06 bits per heavy atom. The summed E-state index contributed by atoms with van der Waals surface area (Å²) in [7, 11) is 1.18. The van der Waals surface area contributed by atoms with E-state index >= 15 is 0 Å². The van der Waals surface area contributed by atoms with Crippen molar-refractivity contribution in [1.82, 2.24) is 4.98 Å². The molecule has 186 valence electrons. The van der Waals surface area contributed by atoms with Gasteiger partial charge in [-0.15, -0.1) is 0 Å². The van der Waals surface area contributed by atoms with Crippen LogP contribution in [0.15, 0.2) is 30.5 Å². The molecule has 0 bridgehead atoms. The third-order valence-corrected chi connectivity index (χ3v) is 4.33. The number of nitrogens with one attached hydrogen (secondary N) is 1. The van der Waals surface area contributed by atoms with Crippen molar-refractivity contribution in [2.45, 2.75) is 34.3 Å². The molecule has 0 aliphatic rings. The predicted octanol–water partition coefficient (Wildman–Crippen LogP) is 3.15. The summed E-state index contributed by atoms with van der Waals surface area (Å²) in [5, 5.41) is 2.53. The number of methoxy groups -OCH3 is 1. The second kappa shape index (κ2) is 13.0. The molecule has 0 aliphatic heterocycles. The Morgan fingerprint density at radius 2 is 1.77 bits per heavy atom. The fourth-order valence-corrected chi connectivity index (χ4v) is 2.91. The monoisotopic (exact) mass is 486 g/mol. The van der Waals surface area contributed by atoms with Crippen LogP contribution in [0.4, 0.5) is 5.69 Å². The molecule has 1 amide bonds. The van der Waals surface area contributed by atoms with Crippen molar-refractivity contribution in [3.05, 3.63) is 52.9 Å². The molecule has 0 spiro atoms. The fourth-order valence-electron chi connectivity index (χ4n) is 2.91. The van der Waals surface area contributed by atoms with E-state index in [1.165, 1.54) is 51.4 Å². The molecule has 1 aromatic heterocycles. The van der Waals surface area contributed by atoms with E-state index in [4.69, 9.17) is 24.0 Å². The van der Waals surface area contributed by atoms with Crippen LogP contribution in [0.5, 0.6) is 11.5 Å². The lowest BCUT2D eigenvalue weighted by Crippen LogP contribution is -2.15. The maximum absolute atomic E-state index is 12.8. The number of carbonyl (C=O) groups excluding carboxylic acids is 4. The number of amides is 1. The first-order valence-corrected chi connectivity index (χ1v) is 10.5. The highest BCUT2D eigenvalue weighted by molar-refractivity contribution is 6.08. The molecule has 0 saturated heterocycles. The van der Waals surface area contributed by atoms with Crippen molar-refractivity contribution in [2.24, 2.45) is 0 Å². The molecule has 1 N–H and O–H groups in total. The number of rotatable bonds is 10. The van der Waals surface area contributed by atoms with E-state index in [1.807, 2.05) is 0 Å². The molecule has 2 aromatic rings. The number of carbonyl (C=O) groups is 4. The summed E-state index contributed by atoms with van der Waals surface area (Å²) in [5.41, 5.74) is 1.20. The first kappa shape index (κ1) is 27.2. The maximum atomic E-state index is 12.8. The van der Waals surface area contributed by atoms with Crippen LogP contribution in [0.1, 0.15) is 48.0 Å². The highest BCUT2D eigenvalue weighted by Crippen LogP contribution is 2.30. The van der Waals surface area contributed by atoms with Gasteiger partial charge in [-0.05, 0) is 32.1 Å². The Morgan fingerprint density at radius 3 is 2.40 bits per heavy atom. The summed E-state index contributed by atoms with van der Waals surface area (Å²) in [6, 6.07) is 4.31. The molecule has 11 nitrogen and oxygen atoms in total.